The molecule has 0 spiro atoms. The van der Waals surface area contributed by atoms with Crippen LogP contribution in [0.3, 0.4) is 0 Å². The average molecular weight is 238 g/mol. The Labute approximate surface area is 105 Å². The van der Waals surface area contributed by atoms with Crippen molar-refractivity contribution in [2.45, 2.75) is 57.9 Å². The van der Waals surface area contributed by atoms with E-state index < -0.39 is 0 Å². The molecule has 1 saturated carbocycles. The summed E-state index contributed by atoms with van der Waals surface area (Å²) in [4.78, 5) is 14.7. The second-order valence-corrected chi connectivity index (χ2v) is 5.65. The number of amides is 1. The Morgan fingerprint density at radius 2 is 2.12 bits per heavy atom. The van der Waals surface area contributed by atoms with Gasteiger partial charge in [-0.25, -0.2) is 0 Å². The maximum Gasteiger partial charge on any atom is 0.227 e. The number of nitrogens with zero attached hydrogens (tertiary/aromatic N) is 1. The highest BCUT2D eigenvalue weighted by molar-refractivity contribution is 5.79. The number of nitrogens with two attached hydrogens (primary N) is 1. The van der Waals surface area contributed by atoms with Crippen LogP contribution in [0, 0.1) is 11.8 Å². The third kappa shape index (κ3) is 2.65. The van der Waals surface area contributed by atoms with Gasteiger partial charge in [0.15, 0.2) is 0 Å². The molecular weight excluding hydrogens is 212 g/mol. The van der Waals surface area contributed by atoms with Gasteiger partial charge in [-0.1, -0.05) is 19.8 Å². The van der Waals surface area contributed by atoms with Gasteiger partial charge in [0.2, 0.25) is 5.91 Å². The van der Waals surface area contributed by atoms with Crippen molar-refractivity contribution in [1.82, 2.24) is 4.90 Å². The highest BCUT2D eigenvalue weighted by Crippen LogP contribution is 2.37. The quantitative estimate of drug-likeness (QED) is 0.815. The molecule has 3 unspecified atom stereocenters. The number of piperidine rings is 1. The van der Waals surface area contributed by atoms with Gasteiger partial charge in [-0.05, 0) is 38.0 Å². The summed E-state index contributed by atoms with van der Waals surface area (Å²) in [5.41, 5.74) is 5.76. The van der Waals surface area contributed by atoms with Crippen molar-refractivity contribution in [3.05, 3.63) is 0 Å². The predicted octanol–water partition coefficient (Wildman–Crippen LogP) is 2.15. The maximum absolute atomic E-state index is 12.5. The zero-order chi connectivity index (χ0) is 12.3. The highest BCUT2D eigenvalue weighted by Gasteiger charge is 2.38. The summed E-state index contributed by atoms with van der Waals surface area (Å²) in [6, 6.07) is 0.544. The minimum Gasteiger partial charge on any atom is -0.339 e. The van der Waals surface area contributed by atoms with Crippen LogP contribution in [-0.2, 0) is 4.79 Å². The predicted molar refractivity (Wildman–Crippen MR) is 69.5 cm³/mol. The zero-order valence-corrected chi connectivity index (χ0v) is 11.0. The van der Waals surface area contributed by atoms with E-state index in [1.54, 1.807) is 0 Å². The van der Waals surface area contributed by atoms with Crippen molar-refractivity contribution in [1.29, 1.82) is 0 Å². The first-order chi connectivity index (χ1) is 8.27. The molecule has 0 aromatic carbocycles. The Bertz CT molecular complexity index is 267. The summed E-state index contributed by atoms with van der Waals surface area (Å²) in [6.07, 6.45) is 8.38. The van der Waals surface area contributed by atoms with Gasteiger partial charge in [-0.3, -0.25) is 4.79 Å². The molecule has 3 heteroatoms. The molecule has 17 heavy (non-hydrogen) atoms. The Balaban J connectivity index is 2.01. The van der Waals surface area contributed by atoms with Crippen molar-refractivity contribution in [3.63, 3.8) is 0 Å². The molecule has 3 atom stereocenters. The Hall–Kier alpha value is -0.570. The SMILES string of the molecule is CCCC(CN)C(=O)N1CCCC2CCCC21. The van der Waals surface area contributed by atoms with E-state index in [1.165, 1.54) is 32.1 Å². The van der Waals surface area contributed by atoms with E-state index in [9.17, 15) is 4.79 Å². The minimum absolute atomic E-state index is 0.0688. The first kappa shape index (κ1) is 12.9. The van der Waals surface area contributed by atoms with E-state index in [-0.39, 0.29) is 5.92 Å². The number of fused-ring (bicyclic) bond motifs is 1. The molecule has 0 aromatic heterocycles. The van der Waals surface area contributed by atoms with Crippen LogP contribution in [0.15, 0.2) is 0 Å². The first-order valence-corrected chi connectivity index (χ1v) is 7.28. The van der Waals surface area contributed by atoms with Crippen LogP contribution in [0.4, 0.5) is 0 Å². The van der Waals surface area contributed by atoms with Crippen molar-refractivity contribution < 1.29 is 4.79 Å². The summed E-state index contributed by atoms with van der Waals surface area (Å²) in [5, 5.41) is 0. The molecular formula is C14H26N2O. The van der Waals surface area contributed by atoms with Gasteiger partial charge in [0.25, 0.3) is 0 Å². The molecule has 1 aliphatic carbocycles. The van der Waals surface area contributed by atoms with Crippen LogP contribution >= 0.6 is 0 Å². The average Bonchev–Trinajstić information content (AvgIpc) is 2.83. The lowest BCUT2D eigenvalue weighted by Gasteiger charge is -2.39. The van der Waals surface area contributed by atoms with E-state index in [4.69, 9.17) is 5.73 Å². The lowest BCUT2D eigenvalue weighted by Crippen LogP contribution is -2.49. The standard InChI is InChI=1S/C14H26N2O/c1-2-5-12(10-15)14(17)16-9-4-7-11-6-3-8-13(11)16/h11-13H,2-10,15H2,1H3. The summed E-state index contributed by atoms with van der Waals surface area (Å²) in [6.45, 7) is 3.62. The third-order valence-corrected chi connectivity index (χ3v) is 4.55. The number of hydrogen-bond donors (Lipinski definition) is 1. The van der Waals surface area contributed by atoms with Crippen molar-refractivity contribution in [3.8, 4) is 0 Å². The third-order valence-electron chi connectivity index (χ3n) is 4.55. The lowest BCUT2D eigenvalue weighted by atomic mass is 9.90. The number of carbonyl (C=O) groups excluding carboxylic acids is 1. The van der Waals surface area contributed by atoms with Crippen LogP contribution in [0.1, 0.15) is 51.9 Å². The summed E-state index contributed by atoms with van der Waals surface area (Å²) in [7, 11) is 0. The molecule has 1 saturated heterocycles. The van der Waals surface area contributed by atoms with Crippen molar-refractivity contribution >= 4 is 5.91 Å². The molecule has 1 heterocycles. The summed E-state index contributed by atoms with van der Waals surface area (Å²) in [5.74, 6) is 1.19. The molecule has 1 amide bonds. The van der Waals surface area contributed by atoms with Crippen LogP contribution in [0.2, 0.25) is 0 Å². The Morgan fingerprint density at radius 3 is 2.82 bits per heavy atom. The fraction of sp³-hybridized carbons (Fsp3) is 0.929. The fourth-order valence-electron chi connectivity index (χ4n) is 3.65. The largest absolute Gasteiger partial charge is 0.339 e. The van der Waals surface area contributed by atoms with E-state index in [2.05, 4.69) is 11.8 Å². The van der Waals surface area contributed by atoms with Gasteiger partial charge in [0.05, 0.1) is 5.92 Å². The molecule has 3 nitrogen and oxygen atoms in total. The van der Waals surface area contributed by atoms with Crippen molar-refractivity contribution in [2.75, 3.05) is 13.1 Å². The lowest BCUT2D eigenvalue weighted by molar-refractivity contribution is -0.140. The number of likely N-dealkylation sites (tertiary alicyclic amines) is 1. The summed E-state index contributed by atoms with van der Waals surface area (Å²) < 4.78 is 0. The number of rotatable bonds is 4. The normalized spacial score (nSPS) is 30.1. The fourth-order valence-corrected chi connectivity index (χ4v) is 3.65. The van der Waals surface area contributed by atoms with Gasteiger partial charge in [-0.15, -0.1) is 0 Å². The van der Waals surface area contributed by atoms with E-state index >= 15 is 0 Å². The monoisotopic (exact) mass is 238 g/mol. The number of carbonyl (C=O) groups is 1. The molecule has 98 valence electrons. The van der Waals surface area contributed by atoms with E-state index in [0.717, 1.165) is 25.3 Å². The van der Waals surface area contributed by atoms with Gasteiger partial charge < -0.3 is 10.6 Å². The number of hydrogen-bond acceptors (Lipinski definition) is 2. The molecule has 2 aliphatic rings. The molecule has 2 N–H and O–H groups in total. The van der Waals surface area contributed by atoms with Gasteiger partial charge in [0.1, 0.15) is 0 Å². The molecule has 2 rings (SSSR count). The molecule has 0 bridgehead atoms. The Morgan fingerprint density at radius 1 is 1.35 bits per heavy atom. The zero-order valence-electron chi connectivity index (χ0n) is 11.0. The molecule has 0 radical (unpaired) electrons. The van der Waals surface area contributed by atoms with Gasteiger partial charge >= 0.3 is 0 Å². The summed E-state index contributed by atoms with van der Waals surface area (Å²) >= 11 is 0. The highest BCUT2D eigenvalue weighted by atomic mass is 16.2. The minimum atomic E-state index is 0.0688. The van der Waals surface area contributed by atoms with Crippen molar-refractivity contribution in [2.24, 2.45) is 17.6 Å². The second kappa shape index (κ2) is 5.85. The molecule has 0 aromatic rings. The smallest absolute Gasteiger partial charge is 0.227 e. The van der Waals surface area contributed by atoms with E-state index in [1.807, 2.05) is 0 Å². The molecule has 2 fully saturated rings. The maximum atomic E-state index is 12.5. The molecule has 1 aliphatic heterocycles. The first-order valence-electron chi connectivity index (χ1n) is 7.28. The Kier molecular flexibility index (Phi) is 4.43. The van der Waals surface area contributed by atoms with Gasteiger partial charge in [-0.2, -0.15) is 0 Å². The van der Waals surface area contributed by atoms with Gasteiger partial charge in [0, 0.05) is 19.1 Å². The van der Waals surface area contributed by atoms with Crippen LogP contribution < -0.4 is 5.73 Å². The second-order valence-electron chi connectivity index (χ2n) is 5.65. The van der Waals surface area contributed by atoms with Crippen LogP contribution in [0.25, 0.3) is 0 Å². The van der Waals surface area contributed by atoms with Crippen LogP contribution in [0.5, 0.6) is 0 Å². The topological polar surface area (TPSA) is 46.3 Å². The van der Waals surface area contributed by atoms with E-state index in [0.29, 0.717) is 18.5 Å². The van der Waals surface area contributed by atoms with Crippen LogP contribution in [-0.4, -0.2) is 29.9 Å².